The van der Waals surface area contributed by atoms with Gasteiger partial charge < -0.3 is 0 Å². The van der Waals surface area contributed by atoms with Crippen LogP contribution in [0.25, 0.3) is 6.08 Å². The van der Waals surface area contributed by atoms with E-state index in [0.717, 1.165) is 54.8 Å². The molecule has 2 saturated heterocycles. The summed E-state index contributed by atoms with van der Waals surface area (Å²) >= 11 is 6.27. The third-order valence-electron chi connectivity index (χ3n) is 8.38. The molecule has 3 aliphatic rings. The van der Waals surface area contributed by atoms with Crippen molar-refractivity contribution in [2.75, 3.05) is 6.54 Å². The van der Waals surface area contributed by atoms with Crippen molar-refractivity contribution in [1.82, 2.24) is 4.90 Å². The Morgan fingerprint density at radius 2 is 1.56 bits per heavy atom. The lowest BCUT2D eigenvalue weighted by atomic mass is 9.58. The first-order valence-electron chi connectivity index (χ1n) is 12.5. The van der Waals surface area contributed by atoms with Gasteiger partial charge in [0.1, 0.15) is 0 Å². The van der Waals surface area contributed by atoms with Gasteiger partial charge in [-0.15, -0.1) is 0 Å². The van der Waals surface area contributed by atoms with Crippen LogP contribution in [0.2, 0.25) is 5.02 Å². The van der Waals surface area contributed by atoms with Crippen molar-refractivity contribution in [3.8, 4) is 0 Å². The largest absolute Gasteiger partial charge is 0.294 e. The van der Waals surface area contributed by atoms with Gasteiger partial charge in [-0.3, -0.25) is 9.69 Å². The molecule has 1 saturated carbocycles. The van der Waals surface area contributed by atoms with Crippen LogP contribution in [0.4, 0.5) is 0 Å². The van der Waals surface area contributed by atoms with Crippen LogP contribution >= 0.6 is 11.6 Å². The van der Waals surface area contributed by atoms with Gasteiger partial charge in [-0.05, 0) is 79.1 Å². The van der Waals surface area contributed by atoms with E-state index in [2.05, 4.69) is 65.6 Å². The summed E-state index contributed by atoms with van der Waals surface area (Å²) in [5.74, 6) is 0.511. The lowest BCUT2D eigenvalue weighted by molar-refractivity contribution is -0.128. The maximum absolute atomic E-state index is 14.6. The number of allylic oxidation sites excluding steroid dienone is 1. The molecule has 2 nitrogen and oxygen atoms in total. The number of halogens is 1. The molecule has 3 aromatic rings. The second-order valence-electron chi connectivity index (χ2n) is 10.1. The van der Waals surface area contributed by atoms with Crippen molar-refractivity contribution >= 4 is 23.5 Å². The predicted molar refractivity (Wildman–Crippen MR) is 139 cm³/mol. The van der Waals surface area contributed by atoms with Crippen LogP contribution in [-0.4, -0.2) is 23.3 Å². The molecule has 1 aliphatic carbocycles. The zero-order valence-electron chi connectivity index (χ0n) is 19.4. The minimum atomic E-state index is -0.388. The highest BCUT2D eigenvalue weighted by Crippen LogP contribution is 2.64. The molecule has 34 heavy (non-hydrogen) atoms. The number of benzene rings is 3. The molecule has 2 heterocycles. The van der Waals surface area contributed by atoms with Crippen molar-refractivity contribution in [3.05, 3.63) is 112 Å². The third kappa shape index (κ3) is 3.47. The Balaban J connectivity index is 1.52. The summed E-state index contributed by atoms with van der Waals surface area (Å²) in [5.41, 5.74) is 4.29. The van der Waals surface area contributed by atoms with E-state index >= 15 is 0 Å². The highest BCUT2D eigenvalue weighted by molar-refractivity contribution is 6.30. The molecule has 0 radical (unpaired) electrons. The first-order valence-corrected chi connectivity index (χ1v) is 12.9. The van der Waals surface area contributed by atoms with Gasteiger partial charge in [0.2, 0.25) is 0 Å². The van der Waals surface area contributed by atoms with E-state index in [1.165, 1.54) is 11.1 Å². The highest BCUT2D eigenvalue weighted by atomic mass is 35.5. The Bertz CT molecular complexity index is 1200. The molecule has 3 fully saturated rings. The fourth-order valence-corrected chi connectivity index (χ4v) is 7.27. The Morgan fingerprint density at radius 3 is 2.29 bits per heavy atom. The average Bonchev–Trinajstić information content (AvgIpc) is 3.45. The van der Waals surface area contributed by atoms with Gasteiger partial charge in [-0.25, -0.2) is 0 Å². The lowest BCUT2D eigenvalue weighted by Crippen LogP contribution is -2.47. The molecule has 6 rings (SSSR count). The van der Waals surface area contributed by atoms with Gasteiger partial charge in [-0.2, -0.15) is 0 Å². The summed E-state index contributed by atoms with van der Waals surface area (Å²) in [4.78, 5) is 17.3. The Morgan fingerprint density at radius 1 is 0.853 bits per heavy atom. The summed E-state index contributed by atoms with van der Waals surface area (Å²) in [5, 5.41) is 0.757. The van der Waals surface area contributed by atoms with Crippen molar-refractivity contribution in [3.63, 3.8) is 0 Å². The summed E-state index contributed by atoms with van der Waals surface area (Å²) in [6.45, 7) is 1.05. The number of carbonyl (C=O) groups excluding carboxylic acids is 1. The van der Waals surface area contributed by atoms with Crippen LogP contribution in [0, 0.1) is 5.41 Å². The molecule has 0 bridgehead atoms. The second kappa shape index (κ2) is 8.83. The Kier molecular flexibility index (Phi) is 5.67. The zero-order chi connectivity index (χ0) is 23.1. The van der Waals surface area contributed by atoms with E-state index < -0.39 is 0 Å². The molecule has 4 atom stereocenters. The molecule has 0 N–H and O–H groups in total. The van der Waals surface area contributed by atoms with Gasteiger partial charge in [-0.1, -0.05) is 84.4 Å². The van der Waals surface area contributed by atoms with Gasteiger partial charge in [0.05, 0.1) is 5.41 Å². The molecule has 4 unspecified atom stereocenters. The zero-order valence-corrected chi connectivity index (χ0v) is 20.1. The van der Waals surface area contributed by atoms with E-state index in [1.807, 2.05) is 30.3 Å². The molecular weight excluding hydrogens is 438 g/mol. The first kappa shape index (κ1) is 21.8. The van der Waals surface area contributed by atoms with Crippen molar-refractivity contribution in [2.24, 2.45) is 5.41 Å². The van der Waals surface area contributed by atoms with E-state index in [4.69, 9.17) is 11.6 Å². The maximum atomic E-state index is 14.6. The van der Waals surface area contributed by atoms with Gasteiger partial charge in [0.25, 0.3) is 0 Å². The van der Waals surface area contributed by atoms with Crippen LogP contribution < -0.4 is 0 Å². The third-order valence-corrected chi connectivity index (χ3v) is 8.63. The number of Topliss-reactive ketones (excluding diaryl/α,β-unsaturated/α-hetero) is 1. The minimum Gasteiger partial charge on any atom is -0.294 e. The van der Waals surface area contributed by atoms with Gasteiger partial charge in [0, 0.05) is 23.0 Å². The minimum absolute atomic E-state index is 0.132. The van der Waals surface area contributed by atoms with Gasteiger partial charge in [0.15, 0.2) is 5.78 Å². The summed E-state index contributed by atoms with van der Waals surface area (Å²) in [6, 6.07) is 29.9. The molecule has 0 aromatic heterocycles. The molecule has 2 aliphatic heterocycles. The average molecular weight is 468 g/mol. The fourth-order valence-electron chi connectivity index (χ4n) is 7.14. The molecule has 172 valence electrons. The smallest absolute Gasteiger partial charge is 0.167 e. The number of hydrogen-bond donors (Lipinski definition) is 0. The number of fused-ring (bicyclic) bond motifs is 2. The number of ketones is 1. The quantitative estimate of drug-likeness (QED) is 0.372. The topological polar surface area (TPSA) is 20.3 Å². The Labute approximate surface area is 207 Å². The van der Waals surface area contributed by atoms with E-state index in [9.17, 15) is 4.79 Å². The standard InChI is InChI=1S/C31H30ClNO/c32-26-17-15-24(16-18-26)29-28(23-11-5-2-6-12-23)31(27-14-8-20-33(27)29)19-7-13-25(30(31)34)21-22-9-3-1-4-10-22/h1-6,9-12,15-18,21,27-29H,7-8,13-14,19-20H2/b25-21+. The number of nitrogens with zero attached hydrogens (tertiary/aromatic N) is 1. The van der Waals surface area contributed by atoms with Crippen molar-refractivity contribution in [2.45, 2.75) is 50.1 Å². The van der Waals surface area contributed by atoms with E-state index in [-0.39, 0.29) is 23.4 Å². The lowest BCUT2D eigenvalue weighted by Gasteiger charge is -2.42. The number of carbonyl (C=O) groups is 1. The Hall–Kier alpha value is -2.68. The monoisotopic (exact) mass is 467 g/mol. The normalized spacial score (nSPS) is 30.2. The van der Waals surface area contributed by atoms with Crippen LogP contribution in [0.3, 0.4) is 0 Å². The highest BCUT2D eigenvalue weighted by Gasteiger charge is 2.64. The molecule has 3 aromatic carbocycles. The summed E-state index contributed by atoms with van der Waals surface area (Å²) in [7, 11) is 0. The maximum Gasteiger partial charge on any atom is 0.167 e. The van der Waals surface area contributed by atoms with Crippen LogP contribution in [0.5, 0.6) is 0 Å². The van der Waals surface area contributed by atoms with Gasteiger partial charge >= 0.3 is 0 Å². The SMILES string of the molecule is O=C1/C(=C/c2ccccc2)CCCC12C(c1ccccc1)C(c1ccc(Cl)cc1)N1CCCC12. The van der Waals surface area contributed by atoms with Crippen LogP contribution in [0.1, 0.15) is 60.8 Å². The van der Waals surface area contributed by atoms with Crippen molar-refractivity contribution in [1.29, 1.82) is 0 Å². The van der Waals surface area contributed by atoms with Crippen LogP contribution in [0.15, 0.2) is 90.5 Å². The van der Waals surface area contributed by atoms with E-state index in [1.54, 1.807) is 0 Å². The fraction of sp³-hybridized carbons (Fsp3) is 0.323. The number of hydrogen-bond acceptors (Lipinski definition) is 2. The summed E-state index contributed by atoms with van der Waals surface area (Å²) in [6.07, 6.45) is 7.30. The van der Waals surface area contributed by atoms with E-state index in [0.29, 0.717) is 5.78 Å². The van der Waals surface area contributed by atoms with Crippen molar-refractivity contribution < 1.29 is 4.79 Å². The second-order valence-corrected chi connectivity index (χ2v) is 10.5. The summed E-state index contributed by atoms with van der Waals surface area (Å²) < 4.78 is 0. The molecule has 3 heteroatoms. The predicted octanol–water partition coefficient (Wildman–Crippen LogP) is 7.47. The van der Waals surface area contributed by atoms with Crippen LogP contribution in [-0.2, 0) is 4.79 Å². The number of rotatable bonds is 3. The molecule has 1 spiro atoms. The first-order chi connectivity index (χ1) is 16.7. The molecular formula is C31H30ClNO. The molecule has 0 amide bonds.